The molecule has 5 nitrogen and oxygen atoms in total. The second kappa shape index (κ2) is 9.08. The molecule has 0 aliphatic rings. The molecule has 0 aliphatic carbocycles. The first kappa shape index (κ1) is 21.2. The molecule has 0 aliphatic heterocycles. The number of hydrogen-bond donors (Lipinski definition) is 1. The molecule has 0 unspecified atom stereocenters. The fourth-order valence-electron chi connectivity index (χ4n) is 3.67. The lowest BCUT2D eigenvalue weighted by Gasteiger charge is -2.12. The summed E-state index contributed by atoms with van der Waals surface area (Å²) in [5, 5.41) is 3.46. The van der Waals surface area contributed by atoms with E-state index in [2.05, 4.69) is 5.32 Å². The van der Waals surface area contributed by atoms with Crippen LogP contribution >= 0.6 is 0 Å². The zero-order valence-electron chi connectivity index (χ0n) is 18.4. The lowest BCUT2D eigenvalue weighted by atomic mass is 10.1. The summed E-state index contributed by atoms with van der Waals surface area (Å²) in [5.41, 5.74) is 3.18. The Morgan fingerprint density at radius 1 is 0.824 bits per heavy atom. The molecule has 0 spiro atoms. The van der Waals surface area contributed by atoms with Crippen LogP contribution in [0.2, 0.25) is 0 Å². The van der Waals surface area contributed by atoms with Crippen molar-refractivity contribution in [3.63, 3.8) is 0 Å². The summed E-state index contributed by atoms with van der Waals surface area (Å²) in [6.45, 7) is 1.93. The van der Waals surface area contributed by atoms with Crippen LogP contribution in [0.25, 0.3) is 22.3 Å². The van der Waals surface area contributed by atoms with Gasteiger partial charge < -0.3 is 14.5 Å². The van der Waals surface area contributed by atoms with E-state index in [1.165, 1.54) is 6.07 Å². The maximum Gasteiger partial charge on any atom is 0.255 e. The van der Waals surface area contributed by atoms with Gasteiger partial charge in [0.2, 0.25) is 0 Å². The van der Waals surface area contributed by atoms with Crippen molar-refractivity contribution in [1.29, 1.82) is 0 Å². The number of fused-ring (bicyclic) bond motifs is 1. The average Bonchev–Trinajstić information content (AvgIpc) is 2.86. The van der Waals surface area contributed by atoms with Gasteiger partial charge in [0.05, 0.1) is 11.1 Å². The number of rotatable bonds is 5. The Hall–Kier alpha value is -4.64. The minimum absolute atomic E-state index is 0.100. The van der Waals surface area contributed by atoms with Crippen molar-refractivity contribution in [2.24, 2.45) is 0 Å². The highest BCUT2D eigenvalue weighted by molar-refractivity contribution is 6.05. The van der Waals surface area contributed by atoms with Crippen LogP contribution in [0.15, 0.2) is 112 Å². The first-order valence-electron chi connectivity index (χ1n) is 10.8. The number of benzene rings is 4. The van der Waals surface area contributed by atoms with Crippen molar-refractivity contribution in [1.82, 2.24) is 0 Å². The van der Waals surface area contributed by atoms with Crippen molar-refractivity contribution >= 4 is 22.6 Å². The molecule has 0 saturated carbocycles. The van der Waals surface area contributed by atoms with Crippen LogP contribution < -0.4 is 15.5 Å². The van der Waals surface area contributed by atoms with Gasteiger partial charge in [-0.25, -0.2) is 0 Å². The number of para-hydroxylation sites is 3. The van der Waals surface area contributed by atoms with Gasteiger partial charge in [0.15, 0.2) is 11.2 Å². The molecule has 166 valence electrons. The van der Waals surface area contributed by atoms with Crippen LogP contribution in [-0.2, 0) is 0 Å². The summed E-state index contributed by atoms with van der Waals surface area (Å²) in [6, 6.07) is 30.6. The van der Waals surface area contributed by atoms with E-state index in [9.17, 15) is 9.59 Å². The highest BCUT2D eigenvalue weighted by atomic mass is 16.5. The molecule has 1 heterocycles. The summed E-state index contributed by atoms with van der Waals surface area (Å²) in [7, 11) is 0. The number of ether oxygens (including phenoxy) is 1. The van der Waals surface area contributed by atoms with Gasteiger partial charge in [-0.3, -0.25) is 9.59 Å². The molecular weight excluding hydrogens is 426 g/mol. The highest BCUT2D eigenvalue weighted by Crippen LogP contribution is 2.30. The maximum absolute atomic E-state index is 12.9. The Balaban J connectivity index is 1.37. The van der Waals surface area contributed by atoms with Gasteiger partial charge in [-0.15, -0.1) is 0 Å². The average molecular weight is 447 g/mol. The van der Waals surface area contributed by atoms with Crippen LogP contribution in [0.4, 0.5) is 5.69 Å². The number of hydrogen-bond acceptors (Lipinski definition) is 4. The molecule has 0 radical (unpaired) electrons. The van der Waals surface area contributed by atoms with Gasteiger partial charge in [0.1, 0.15) is 17.1 Å². The second-order valence-corrected chi connectivity index (χ2v) is 7.92. The number of nitrogens with one attached hydrogen (secondary N) is 1. The van der Waals surface area contributed by atoms with E-state index >= 15 is 0 Å². The van der Waals surface area contributed by atoms with Crippen molar-refractivity contribution in [2.75, 3.05) is 5.32 Å². The van der Waals surface area contributed by atoms with E-state index < -0.39 is 0 Å². The molecule has 5 aromatic rings. The molecular formula is C29H21NO4. The van der Waals surface area contributed by atoms with Crippen molar-refractivity contribution in [3.05, 3.63) is 124 Å². The van der Waals surface area contributed by atoms with Gasteiger partial charge in [0.25, 0.3) is 5.91 Å². The summed E-state index contributed by atoms with van der Waals surface area (Å²) < 4.78 is 11.9. The first-order chi connectivity index (χ1) is 16.6. The lowest BCUT2D eigenvalue weighted by Crippen LogP contribution is -2.12. The number of anilines is 1. The molecule has 1 aromatic heterocycles. The molecule has 5 rings (SSSR count). The first-order valence-corrected chi connectivity index (χ1v) is 10.8. The summed E-state index contributed by atoms with van der Waals surface area (Å²) in [5.74, 6) is 1.41. The number of carbonyl (C=O) groups excluding carboxylic acids is 1. The molecule has 5 heteroatoms. The van der Waals surface area contributed by atoms with Crippen molar-refractivity contribution in [3.8, 4) is 22.8 Å². The summed E-state index contributed by atoms with van der Waals surface area (Å²) in [6.07, 6.45) is 0. The van der Waals surface area contributed by atoms with Crippen molar-refractivity contribution in [2.45, 2.75) is 6.92 Å². The third-order valence-corrected chi connectivity index (χ3v) is 5.42. The summed E-state index contributed by atoms with van der Waals surface area (Å²) in [4.78, 5) is 25.4. The van der Waals surface area contributed by atoms with Crippen LogP contribution in [0, 0.1) is 6.92 Å². The monoisotopic (exact) mass is 447 g/mol. The van der Waals surface area contributed by atoms with E-state index in [0.29, 0.717) is 45.0 Å². The molecule has 0 bridgehead atoms. The van der Waals surface area contributed by atoms with Gasteiger partial charge in [-0.1, -0.05) is 54.1 Å². The molecule has 0 atom stereocenters. The fourth-order valence-corrected chi connectivity index (χ4v) is 3.67. The summed E-state index contributed by atoms with van der Waals surface area (Å²) >= 11 is 0. The SMILES string of the molecule is Cc1ccc2oc(-c3ccc(C(=O)Nc4ccccc4Oc4ccccc4)cc3)cc(=O)c2c1. The van der Waals surface area contributed by atoms with Gasteiger partial charge in [-0.05, 0) is 55.5 Å². The third-order valence-electron chi connectivity index (χ3n) is 5.42. The lowest BCUT2D eigenvalue weighted by molar-refractivity contribution is 0.102. The van der Waals surface area contributed by atoms with Gasteiger partial charge >= 0.3 is 0 Å². The normalized spacial score (nSPS) is 10.7. The zero-order valence-corrected chi connectivity index (χ0v) is 18.4. The smallest absolute Gasteiger partial charge is 0.255 e. The number of amides is 1. The Kier molecular flexibility index (Phi) is 5.67. The zero-order chi connectivity index (χ0) is 23.5. The van der Waals surface area contributed by atoms with Crippen LogP contribution in [0.1, 0.15) is 15.9 Å². The van der Waals surface area contributed by atoms with Crippen LogP contribution in [-0.4, -0.2) is 5.91 Å². The maximum atomic E-state index is 12.9. The minimum Gasteiger partial charge on any atom is -0.456 e. The Labute approximate surface area is 196 Å². The topological polar surface area (TPSA) is 68.5 Å². The number of aryl methyl sites for hydroxylation is 1. The Bertz CT molecular complexity index is 1540. The Morgan fingerprint density at radius 3 is 2.35 bits per heavy atom. The molecule has 1 amide bonds. The van der Waals surface area contributed by atoms with Crippen LogP contribution in [0.5, 0.6) is 11.5 Å². The van der Waals surface area contributed by atoms with E-state index in [0.717, 1.165) is 5.56 Å². The molecule has 0 fully saturated rings. The molecule has 34 heavy (non-hydrogen) atoms. The predicted octanol–water partition coefficient (Wildman–Crippen LogP) is 6.81. The van der Waals surface area contributed by atoms with Gasteiger partial charge in [0, 0.05) is 17.2 Å². The van der Waals surface area contributed by atoms with E-state index in [1.54, 1.807) is 42.5 Å². The standard InChI is InChI=1S/C29H21NO4/c1-19-11-16-26-23(17-19)25(31)18-28(34-26)20-12-14-21(15-13-20)29(32)30-24-9-5-6-10-27(24)33-22-7-3-2-4-8-22/h2-18H,1H3,(H,30,32). The van der Waals surface area contributed by atoms with E-state index in [1.807, 2.05) is 61.5 Å². The molecule has 0 saturated heterocycles. The fraction of sp³-hybridized carbons (Fsp3) is 0.0345. The third kappa shape index (κ3) is 4.45. The van der Waals surface area contributed by atoms with Crippen molar-refractivity contribution < 1.29 is 13.9 Å². The van der Waals surface area contributed by atoms with Crippen LogP contribution in [0.3, 0.4) is 0 Å². The Morgan fingerprint density at radius 2 is 1.56 bits per heavy atom. The van der Waals surface area contributed by atoms with E-state index in [4.69, 9.17) is 9.15 Å². The largest absolute Gasteiger partial charge is 0.456 e. The quantitative estimate of drug-likeness (QED) is 0.321. The highest BCUT2D eigenvalue weighted by Gasteiger charge is 2.12. The molecule has 4 aromatic carbocycles. The predicted molar refractivity (Wildman–Crippen MR) is 134 cm³/mol. The second-order valence-electron chi connectivity index (χ2n) is 7.92. The molecule has 1 N–H and O–H groups in total. The van der Waals surface area contributed by atoms with E-state index in [-0.39, 0.29) is 11.3 Å². The number of carbonyl (C=O) groups is 1. The van der Waals surface area contributed by atoms with Gasteiger partial charge in [-0.2, -0.15) is 0 Å². The minimum atomic E-state index is -0.272.